The summed E-state index contributed by atoms with van der Waals surface area (Å²) in [6, 6.07) is 7.29. The van der Waals surface area contributed by atoms with Gasteiger partial charge in [-0.2, -0.15) is 13.2 Å². The Labute approximate surface area is 122 Å². The van der Waals surface area contributed by atoms with Crippen LogP contribution in [0.5, 0.6) is 0 Å². The van der Waals surface area contributed by atoms with Gasteiger partial charge in [0, 0.05) is 43.9 Å². The number of nitrogens with zero attached hydrogens (tertiary/aromatic N) is 2. The van der Waals surface area contributed by atoms with Gasteiger partial charge in [0.1, 0.15) is 0 Å². The van der Waals surface area contributed by atoms with E-state index < -0.39 is 12.7 Å². The zero-order valence-corrected chi connectivity index (χ0v) is 12.0. The number of anilines is 1. The standard InChI is InChI=1S/C15H19F3N2O/c1-2-14(21)12-3-5-13(6-4-12)20-9-7-19(8-10-20)11-15(16,17)18/h3-6H,2,7-11H2,1H3. The number of ketones is 1. The van der Waals surface area contributed by atoms with Crippen molar-refractivity contribution >= 4 is 11.5 Å². The molecule has 1 aromatic rings. The van der Waals surface area contributed by atoms with E-state index in [0.717, 1.165) is 5.69 Å². The van der Waals surface area contributed by atoms with E-state index >= 15 is 0 Å². The van der Waals surface area contributed by atoms with Crippen molar-refractivity contribution < 1.29 is 18.0 Å². The Balaban J connectivity index is 1.92. The number of benzene rings is 1. The van der Waals surface area contributed by atoms with Crippen LogP contribution in [0.25, 0.3) is 0 Å². The largest absolute Gasteiger partial charge is 0.401 e. The van der Waals surface area contributed by atoms with Crippen LogP contribution in [0.15, 0.2) is 24.3 Å². The third kappa shape index (κ3) is 4.46. The van der Waals surface area contributed by atoms with Crippen LogP contribution in [-0.2, 0) is 0 Å². The van der Waals surface area contributed by atoms with Crippen LogP contribution in [0, 0.1) is 0 Å². The minimum Gasteiger partial charge on any atom is -0.369 e. The molecule has 1 aliphatic rings. The molecule has 6 heteroatoms. The average molecular weight is 300 g/mol. The van der Waals surface area contributed by atoms with Crippen molar-refractivity contribution in [2.45, 2.75) is 19.5 Å². The van der Waals surface area contributed by atoms with Gasteiger partial charge in [-0.25, -0.2) is 0 Å². The molecule has 0 radical (unpaired) electrons. The van der Waals surface area contributed by atoms with Crippen LogP contribution in [0.3, 0.4) is 0 Å². The predicted octanol–water partition coefficient (Wildman–Crippen LogP) is 2.96. The first-order valence-electron chi connectivity index (χ1n) is 7.06. The van der Waals surface area contributed by atoms with Crippen molar-refractivity contribution in [1.29, 1.82) is 0 Å². The first kappa shape index (κ1) is 15.8. The molecule has 0 N–H and O–H groups in total. The van der Waals surface area contributed by atoms with E-state index in [1.54, 1.807) is 12.1 Å². The van der Waals surface area contributed by atoms with Crippen LogP contribution in [0.1, 0.15) is 23.7 Å². The molecule has 2 rings (SSSR count). The number of hydrogen-bond acceptors (Lipinski definition) is 3. The lowest BCUT2D eigenvalue weighted by Crippen LogP contribution is -2.49. The number of rotatable bonds is 4. The molecule has 0 amide bonds. The molecule has 3 nitrogen and oxygen atoms in total. The maximum atomic E-state index is 12.3. The van der Waals surface area contributed by atoms with Gasteiger partial charge < -0.3 is 4.90 Å². The number of hydrogen-bond donors (Lipinski definition) is 0. The van der Waals surface area contributed by atoms with Crippen LogP contribution >= 0.6 is 0 Å². The van der Waals surface area contributed by atoms with Crippen molar-refractivity contribution in [3.05, 3.63) is 29.8 Å². The summed E-state index contributed by atoms with van der Waals surface area (Å²) in [5.41, 5.74) is 1.63. The second-order valence-electron chi connectivity index (χ2n) is 5.20. The fourth-order valence-electron chi connectivity index (χ4n) is 2.48. The van der Waals surface area contributed by atoms with Gasteiger partial charge in [0.25, 0.3) is 0 Å². The van der Waals surface area contributed by atoms with Crippen molar-refractivity contribution in [3.63, 3.8) is 0 Å². The van der Waals surface area contributed by atoms with Crippen molar-refractivity contribution in [2.24, 2.45) is 0 Å². The minimum absolute atomic E-state index is 0.0940. The molecular formula is C15H19F3N2O. The highest BCUT2D eigenvalue weighted by molar-refractivity contribution is 5.96. The number of alkyl halides is 3. The number of piperazine rings is 1. The van der Waals surface area contributed by atoms with Gasteiger partial charge >= 0.3 is 6.18 Å². The molecule has 1 aromatic carbocycles. The summed E-state index contributed by atoms with van der Waals surface area (Å²) in [4.78, 5) is 15.0. The van der Waals surface area contributed by atoms with Crippen LogP contribution in [0.4, 0.5) is 18.9 Å². The molecule has 1 aliphatic heterocycles. The molecule has 0 unspecified atom stereocenters. The fourth-order valence-corrected chi connectivity index (χ4v) is 2.48. The highest BCUT2D eigenvalue weighted by Gasteiger charge is 2.32. The first-order valence-corrected chi connectivity index (χ1v) is 7.06. The zero-order valence-electron chi connectivity index (χ0n) is 12.0. The molecule has 0 bridgehead atoms. The summed E-state index contributed by atoms with van der Waals surface area (Å²) < 4.78 is 37.0. The van der Waals surface area contributed by atoms with E-state index in [1.807, 2.05) is 24.0 Å². The molecule has 21 heavy (non-hydrogen) atoms. The van der Waals surface area contributed by atoms with Crippen LogP contribution in [-0.4, -0.2) is 49.6 Å². The molecule has 0 aliphatic carbocycles. The second kappa shape index (κ2) is 6.47. The Kier molecular flexibility index (Phi) is 4.88. The Hall–Kier alpha value is -1.56. The molecule has 1 fully saturated rings. The number of carbonyl (C=O) groups is 1. The van der Waals surface area contributed by atoms with Gasteiger partial charge in [-0.1, -0.05) is 6.92 Å². The summed E-state index contributed by atoms with van der Waals surface area (Å²) in [5, 5.41) is 0. The highest BCUT2D eigenvalue weighted by Crippen LogP contribution is 2.21. The third-order valence-corrected chi connectivity index (χ3v) is 3.65. The van der Waals surface area contributed by atoms with Crippen molar-refractivity contribution in [1.82, 2.24) is 4.90 Å². The van der Waals surface area contributed by atoms with Gasteiger partial charge in [-0.05, 0) is 24.3 Å². The van der Waals surface area contributed by atoms with E-state index in [1.165, 1.54) is 4.90 Å². The Bertz CT molecular complexity index is 477. The maximum Gasteiger partial charge on any atom is 0.401 e. The summed E-state index contributed by atoms with van der Waals surface area (Å²) in [6.07, 6.45) is -3.67. The average Bonchev–Trinajstić information content (AvgIpc) is 2.46. The Morgan fingerprint density at radius 1 is 1.10 bits per heavy atom. The molecule has 0 saturated carbocycles. The SMILES string of the molecule is CCC(=O)c1ccc(N2CCN(CC(F)(F)F)CC2)cc1. The summed E-state index contributed by atoms with van der Waals surface area (Å²) in [6.45, 7) is 2.90. The molecule has 0 spiro atoms. The summed E-state index contributed by atoms with van der Waals surface area (Å²) in [7, 11) is 0. The summed E-state index contributed by atoms with van der Waals surface area (Å²) >= 11 is 0. The van der Waals surface area contributed by atoms with E-state index in [-0.39, 0.29) is 5.78 Å². The minimum atomic E-state index is -4.13. The Morgan fingerprint density at radius 3 is 2.14 bits per heavy atom. The smallest absolute Gasteiger partial charge is 0.369 e. The second-order valence-corrected chi connectivity index (χ2v) is 5.20. The van der Waals surface area contributed by atoms with Crippen molar-refractivity contribution in [3.8, 4) is 0 Å². The molecule has 116 valence electrons. The van der Waals surface area contributed by atoms with E-state index in [0.29, 0.717) is 38.2 Å². The molecule has 1 heterocycles. The monoisotopic (exact) mass is 300 g/mol. The van der Waals surface area contributed by atoms with Gasteiger partial charge in [-0.15, -0.1) is 0 Å². The predicted molar refractivity (Wildman–Crippen MR) is 75.8 cm³/mol. The quantitative estimate of drug-likeness (QED) is 0.799. The van der Waals surface area contributed by atoms with Gasteiger partial charge in [0.2, 0.25) is 0 Å². The molecular weight excluding hydrogens is 281 g/mol. The zero-order chi connectivity index (χ0) is 15.5. The van der Waals surface area contributed by atoms with Gasteiger partial charge in [0.05, 0.1) is 6.54 Å². The van der Waals surface area contributed by atoms with E-state index in [2.05, 4.69) is 0 Å². The van der Waals surface area contributed by atoms with Gasteiger partial charge in [-0.3, -0.25) is 9.69 Å². The first-order chi connectivity index (χ1) is 9.89. The van der Waals surface area contributed by atoms with Crippen molar-refractivity contribution in [2.75, 3.05) is 37.6 Å². The lowest BCUT2D eigenvalue weighted by molar-refractivity contribution is -0.146. The van der Waals surface area contributed by atoms with Crippen LogP contribution < -0.4 is 4.90 Å². The summed E-state index contributed by atoms with van der Waals surface area (Å²) in [5.74, 6) is 0.0940. The topological polar surface area (TPSA) is 23.6 Å². The lowest BCUT2D eigenvalue weighted by atomic mass is 10.1. The van der Waals surface area contributed by atoms with E-state index in [4.69, 9.17) is 0 Å². The third-order valence-electron chi connectivity index (χ3n) is 3.65. The van der Waals surface area contributed by atoms with Crippen LogP contribution in [0.2, 0.25) is 0 Å². The number of Topliss-reactive ketones (excluding diaryl/α,β-unsaturated/α-hetero) is 1. The molecule has 0 atom stereocenters. The normalized spacial score (nSPS) is 17.0. The molecule has 1 saturated heterocycles. The Morgan fingerprint density at radius 2 is 1.67 bits per heavy atom. The number of carbonyl (C=O) groups excluding carboxylic acids is 1. The van der Waals surface area contributed by atoms with Gasteiger partial charge in [0.15, 0.2) is 5.78 Å². The fraction of sp³-hybridized carbons (Fsp3) is 0.533. The highest BCUT2D eigenvalue weighted by atomic mass is 19.4. The lowest BCUT2D eigenvalue weighted by Gasteiger charge is -2.36. The molecule has 0 aromatic heterocycles. The maximum absolute atomic E-state index is 12.3. The number of halogens is 3. The van der Waals surface area contributed by atoms with E-state index in [9.17, 15) is 18.0 Å².